The highest BCUT2D eigenvalue weighted by atomic mass is 32.1. The van der Waals surface area contributed by atoms with Crippen molar-refractivity contribution in [2.24, 2.45) is 0 Å². The van der Waals surface area contributed by atoms with Gasteiger partial charge in [0.25, 0.3) is 0 Å². The van der Waals surface area contributed by atoms with Gasteiger partial charge in [0.2, 0.25) is 7.03 Å². The van der Waals surface area contributed by atoms with E-state index in [0.29, 0.717) is 0 Å². The Balaban J connectivity index is 1.87. The van der Waals surface area contributed by atoms with E-state index in [9.17, 15) is 7.54 Å². The summed E-state index contributed by atoms with van der Waals surface area (Å²) in [5, 5.41) is 3.16. The third-order valence-electron chi connectivity index (χ3n) is 3.82. The molecule has 2 aromatic rings. The number of carbonyl (C=O) groups is 1. The van der Waals surface area contributed by atoms with Crippen LogP contribution in [0.5, 0.6) is 0 Å². The highest BCUT2D eigenvalue weighted by Crippen LogP contribution is 2.52. The van der Waals surface area contributed by atoms with Gasteiger partial charge in [-0.15, -0.1) is 22.7 Å². The number of ether oxygens (including phenoxy) is 2. The lowest BCUT2D eigenvalue weighted by atomic mass is 9.95. The Morgan fingerprint density at radius 3 is 2.46 bits per heavy atom. The smallest absolute Gasteiger partial charge is 0.349 e. The first-order valence-electron chi connectivity index (χ1n) is 17.8. The molecule has 3 fully saturated rings. The maximum Gasteiger partial charge on any atom is 0.349 e. The molecule has 0 aliphatic carbocycles. The van der Waals surface area contributed by atoms with Crippen LogP contribution in [0.2, 0.25) is 0 Å². The highest BCUT2D eigenvalue weighted by Gasteiger charge is 2.71. The van der Waals surface area contributed by atoms with E-state index < -0.39 is 118 Å². The van der Waals surface area contributed by atoms with Gasteiger partial charge in [0.15, 0.2) is 0 Å². The molecule has 26 heavy (non-hydrogen) atoms. The number of hydrogen-bond acceptors (Lipinski definition) is 6. The van der Waals surface area contributed by atoms with Crippen molar-refractivity contribution < 1.29 is 52.6 Å². The maximum atomic E-state index is 14.3. The number of esters is 1. The molecule has 0 saturated carbocycles. The number of morpholine rings is 1. The molecule has 5 rings (SSSR count). The average Bonchev–Trinajstić information content (AvgIpc) is 3.28. The van der Waals surface area contributed by atoms with Crippen LogP contribution in [0.15, 0.2) is 34.9 Å². The number of piperidine rings is 1. The molecule has 0 radical (unpaired) electrons. The molecule has 3 aliphatic heterocycles. The zero-order valence-corrected chi connectivity index (χ0v) is 14.0. The lowest BCUT2D eigenvalue weighted by molar-refractivity contribution is -0.938. The van der Waals surface area contributed by atoms with Crippen molar-refractivity contribution in [2.45, 2.75) is 48.6 Å². The first kappa shape index (κ1) is 5.42. The van der Waals surface area contributed by atoms with Gasteiger partial charge in [-0.1, -0.05) is 12.1 Å². The molecule has 0 spiro atoms. The van der Waals surface area contributed by atoms with Crippen LogP contribution in [0.25, 0.3) is 0 Å². The SMILES string of the molecule is [2H]OC(C(=O)OC1([2H])C([2H])([2H])[C@@]2([2H])[C@]3([2H])O[C@]3([2H])[C@@]([2H])(C1([2H])[2H])[N+]2(C([2H])([2H])[2H])C([2H])([2H])[2H])(c1sc([2H])c([2H])c1[2H])c1sc([2H])c([2H])c1[2H]. The lowest BCUT2D eigenvalue weighted by Crippen LogP contribution is -2.60. The summed E-state index contributed by atoms with van der Waals surface area (Å²) in [6.45, 7) is -8.65. The molecule has 2 bridgehead atoms. The topological polar surface area (TPSA) is 59.1 Å². The molecule has 3 saturated heterocycles. The third kappa shape index (κ3) is 2.28. The van der Waals surface area contributed by atoms with Crippen LogP contribution >= 0.6 is 22.7 Å². The Hall–Kier alpha value is -1.25. The van der Waals surface area contributed by atoms with Crippen molar-refractivity contribution in [3.05, 3.63) is 44.6 Å². The number of rotatable bonds is 5. The van der Waals surface area contributed by atoms with E-state index in [1.165, 1.54) is 0 Å². The fraction of sp³-hybridized carbons (Fsp3) is 0.526. The van der Waals surface area contributed by atoms with Gasteiger partial charge < -0.3 is 19.1 Å². The minimum atomic E-state index is -4.57. The quantitative estimate of drug-likeness (QED) is 0.463. The molecule has 7 heteroatoms. The number of thiophene rings is 2. The van der Waals surface area contributed by atoms with Gasteiger partial charge >= 0.3 is 5.97 Å². The van der Waals surface area contributed by atoms with E-state index in [1.807, 2.05) is 0 Å². The highest BCUT2D eigenvalue weighted by molar-refractivity contribution is 7.12. The summed E-state index contributed by atoms with van der Waals surface area (Å²) in [6.07, 6.45) is -21.1. The number of fused-ring (bicyclic) bond motifs is 5. The van der Waals surface area contributed by atoms with Gasteiger partial charge in [0, 0.05) is 18.2 Å². The molecule has 138 valence electrons. The number of aliphatic hydroxyl groups is 1. The number of likely N-dealkylation sites (N-methyl/N-ethyl adjacent to an activating group) is 1. The number of nitrogens with zero attached hydrogens (tertiary/aromatic N) is 1. The van der Waals surface area contributed by atoms with Crippen LogP contribution < -0.4 is 0 Å². The number of carbonyl (C=O) groups excluding carboxylic acids is 1. The molecule has 1 unspecified atom stereocenters. The summed E-state index contributed by atoms with van der Waals surface area (Å²) >= 11 is 0.194. The maximum absolute atomic E-state index is 14.3. The van der Waals surface area contributed by atoms with Crippen LogP contribution in [0, 0.1) is 0 Å². The van der Waals surface area contributed by atoms with Crippen LogP contribution in [0.3, 0.4) is 0 Å². The lowest BCUT2D eigenvalue weighted by Gasteiger charge is -2.45. The summed E-state index contributed by atoms with van der Waals surface area (Å²) in [5.41, 5.74) is -3.48. The second-order valence-electron chi connectivity index (χ2n) is 5.34. The third-order valence-corrected chi connectivity index (χ3v) is 5.41. The van der Waals surface area contributed by atoms with Gasteiger partial charge in [-0.3, -0.25) is 0 Å². The first-order chi connectivity index (χ1) is 21.3. The van der Waals surface area contributed by atoms with Crippen LogP contribution in [-0.2, 0) is 19.9 Å². The molecule has 3 aliphatic rings. The molecule has 1 N–H and O–H groups in total. The molecule has 5 heterocycles. The Morgan fingerprint density at radius 1 is 1.38 bits per heavy atom. The molecule has 5 nitrogen and oxygen atoms in total. The van der Waals surface area contributed by atoms with Crippen LogP contribution in [0.4, 0.5) is 0 Å². The zero-order valence-electron chi connectivity index (χ0n) is 34.4. The van der Waals surface area contributed by atoms with E-state index in [1.54, 1.807) is 0 Å². The van der Waals surface area contributed by atoms with Crippen molar-refractivity contribution in [1.29, 1.82) is 1.43 Å². The first-order valence-corrected chi connectivity index (χ1v) is 8.57. The molecular formula is C19H22NO4S2+. The predicted octanol–water partition coefficient (Wildman–Crippen LogP) is 2.35. The Labute approximate surface area is 191 Å². The van der Waals surface area contributed by atoms with Gasteiger partial charge in [-0.25, -0.2) is 4.79 Å². The van der Waals surface area contributed by atoms with E-state index in [2.05, 4.69) is 5.11 Å². The largest absolute Gasteiger partial charge is 0.459 e. The van der Waals surface area contributed by atoms with E-state index in [-0.39, 0.29) is 22.7 Å². The van der Waals surface area contributed by atoms with Crippen molar-refractivity contribution in [2.75, 3.05) is 14.0 Å². The van der Waals surface area contributed by atoms with E-state index in [0.717, 1.165) is 0 Å². The fourth-order valence-electron chi connectivity index (χ4n) is 2.52. The Bertz CT molecular complexity index is 1640. The van der Waals surface area contributed by atoms with Crippen LogP contribution in [-0.4, -0.2) is 61.2 Å². The summed E-state index contributed by atoms with van der Waals surface area (Å²) in [5.74, 6) is -2.33. The van der Waals surface area contributed by atoms with E-state index >= 15 is 0 Å². The van der Waals surface area contributed by atoms with Crippen molar-refractivity contribution in [3.8, 4) is 0 Å². The monoisotopic (exact) mass is 414 g/mol. The van der Waals surface area contributed by atoms with Crippen molar-refractivity contribution >= 4 is 28.6 Å². The second kappa shape index (κ2) is 5.62. The summed E-state index contributed by atoms with van der Waals surface area (Å²) in [6, 6.07) is -12.6. The van der Waals surface area contributed by atoms with Gasteiger partial charge in [-0.2, -0.15) is 0 Å². The summed E-state index contributed by atoms with van der Waals surface area (Å²) in [7, 11) is 0. The standard InChI is InChI=1S/C19H22NO4S2/c1-20(2)12-9-11(10-13(20)17-16(12)24-17)23-18(21)19(22,14-5-3-7-25-14)15-6-4-8-26-15/h3-8,11-13,16-17,22H,9-10H2,1-2H3/q+1/t11?,12-,13+,16-,17+/i1D3,2D3,3D,4D,5D,6D,7D,8D,9D2,10D2,11D,12D,13D,16D,17D,22D. The summed E-state index contributed by atoms with van der Waals surface area (Å²) < 4.78 is 193. The summed E-state index contributed by atoms with van der Waals surface area (Å²) in [4.78, 5) is 12.5. The number of epoxide rings is 1. The number of hydrogen-bond donors (Lipinski definition) is 1. The van der Waals surface area contributed by atoms with Gasteiger partial charge in [-0.05, 0) is 22.8 Å². The molecule has 0 aromatic carbocycles. The normalized spacial score (nSPS) is 65.5. The predicted molar refractivity (Wildman–Crippen MR) is 99.1 cm³/mol. The fourth-order valence-corrected chi connectivity index (χ4v) is 3.86. The number of quaternary nitrogens is 1. The minimum absolute atomic E-state index is 0.0969. The van der Waals surface area contributed by atoms with Crippen LogP contribution in [0.1, 0.15) is 51.3 Å². The van der Waals surface area contributed by atoms with E-state index in [4.69, 9.17) is 36.9 Å². The van der Waals surface area contributed by atoms with Crippen molar-refractivity contribution in [3.63, 3.8) is 0 Å². The molecular weight excluding hydrogens is 370 g/mol. The Morgan fingerprint density at radius 2 is 2.00 bits per heavy atom. The molecule has 0 amide bonds. The molecule has 5 atom stereocenters. The Kier molecular flexibility index (Phi) is 1.17. The minimum Gasteiger partial charge on any atom is -0.459 e. The van der Waals surface area contributed by atoms with Gasteiger partial charge in [0.1, 0.15) is 30.3 Å². The second-order valence-corrected chi connectivity index (χ2v) is 6.98. The zero-order chi connectivity index (χ0) is 37.2. The average molecular weight is 415 g/mol. The van der Waals surface area contributed by atoms with Gasteiger partial charge in [0.05, 0.1) is 47.0 Å². The van der Waals surface area contributed by atoms with Crippen molar-refractivity contribution in [1.82, 2.24) is 0 Å². The molecule has 2 aromatic heterocycles.